The molecule has 148 valence electrons. The smallest absolute Gasteiger partial charge is 0.221 e. The van der Waals surface area contributed by atoms with Crippen LogP contribution in [0.5, 0.6) is 0 Å². The molecule has 1 aromatic carbocycles. The Morgan fingerprint density at radius 3 is 2.66 bits per heavy atom. The fraction of sp³-hybridized carbons (Fsp3) is 0.150. The van der Waals surface area contributed by atoms with E-state index in [1.54, 1.807) is 31.4 Å². The van der Waals surface area contributed by atoms with Gasteiger partial charge in [-0.05, 0) is 30.3 Å². The topological polar surface area (TPSA) is 125 Å². The first kappa shape index (κ1) is 20.0. The van der Waals surface area contributed by atoms with Crippen LogP contribution in [0.15, 0.2) is 58.6 Å². The molecule has 0 aliphatic rings. The second kappa shape index (κ2) is 9.47. The van der Waals surface area contributed by atoms with Crippen LogP contribution in [0, 0.1) is 5.82 Å². The van der Waals surface area contributed by atoms with Crippen molar-refractivity contribution in [2.75, 3.05) is 12.8 Å². The molecule has 0 bridgehead atoms. The molecule has 8 nitrogen and oxygen atoms in total. The maximum absolute atomic E-state index is 14.1. The van der Waals surface area contributed by atoms with Gasteiger partial charge in [-0.2, -0.15) is 5.10 Å². The lowest BCUT2D eigenvalue weighted by Crippen LogP contribution is -2.12. The van der Waals surface area contributed by atoms with Crippen LogP contribution in [0.4, 0.5) is 10.3 Å². The summed E-state index contributed by atoms with van der Waals surface area (Å²) in [7, 11) is 1.61. The first-order valence-electron chi connectivity index (χ1n) is 8.72. The summed E-state index contributed by atoms with van der Waals surface area (Å²) < 4.78 is 19.2. The number of aliphatic imine (C=N–C) groups is 1. The molecule has 0 saturated heterocycles. The lowest BCUT2D eigenvalue weighted by molar-refractivity contribution is 0.181. The highest BCUT2D eigenvalue weighted by Crippen LogP contribution is 2.21. The van der Waals surface area contributed by atoms with Crippen molar-refractivity contribution in [2.24, 2.45) is 15.9 Å². The van der Waals surface area contributed by atoms with Crippen molar-refractivity contribution in [1.82, 2.24) is 15.0 Å². The molecule has 0 unspecified atom stereocenters. The quantitative estimate of drug-likeness (QED) is 0.361. The molecule has 2 heterocycles. The number of nitrogen functional groups attached to an aromatic ring is 1. The standard InChI is InChI=1S/C20H20FN7O/c1-29-12-14-6-4-5-13(25-14)10-24-11-19(28-23)18-9-17(26-20(22)27-18)15-7-2-3-8-16(15)21/h2-9,11H,10,12,23H2,1H3,(H2,22,26,27). The van der Waals surface area contributed by atoms with Crippen LogP contribution in [0.25, 0.3) is 11.3 Å². The van der Waals surface area contributed by atoms with Crippen LogP contribution in [0.1, 0.15) is 17.1 Å². The SMILES string of the molecule is COCc1cccc(CN=CC(=NN)c2cc(-c3ccccc3F)nc(N)n2)n1. The van der Waals surface area contributed by atoms with E-state index in [-0.39, 0.29) is 11.7 Å². The monoisotopic (exact) mass is 393 g/mol. The number of methoxy groups -OCH3 is 1. The fourth-order valence-electron chi connectivity index (χ4n) is 2.64. The maximum Gasteiger partial charge on any atom is 0.221 e. The molecule has 4 N–H and O–H groups in total. The summed E-state index contributed by atoms with van der Waals surface area (Å²) in [5.41, 5.74) is 8.62. The summed E-state index contributed by atoms with van der Waals surface area (Å²) in [4.78, 5) is 17.0. The van der Waals surface area contributed by atoms with Crippen molar-refractivity contribution >= 4 is 17.9 Å². The maximum atomic E-state index is 14.1. The molecule has 2 aromatic heterocycles. The van der Waals surface area contributed by atoms with Gasteiger partial charge < -0.3 is 16.3 Å². The summed E-state index contributed by atoms with van der Waals surface area (Å²) in [6.45, 7) is 0.739. The predicted molar refractivity (Wildman–Crippen MR) is 110 cm³/mol. The van der Waals surface area contributed by atoms with Gasteiger partial charge in [-0.1, -0.05) is 18.2 Å². The van der Waals surface area contributed by atoms with E-state index in [4.69, 9.17) is 16.3 Å². The van der Waals surface area contributed by atoms with Crippen molar-refractivity contribution in [3.05, 3.63) is 71.4 Å². The molecular formula is C20H20FN7O. The van der Waals surface area contributed by atoms with E-state index in [0.29, 0.717) is 30.1 Å². The van der Waals surface area contributed by atoms with E-state index >= 15 is 0 Å². The number of benzene rings is 1. The molecule has 0 aliphatic heterocycles. The van der Waals surface area contributed by atoms with E-state index in [1.165, 1.54) is 12.3 Å². The summed E-state index contributed by atoms with van der Waals surface area (Å²) in [6, 6.07) is 13.4. The number of nitrogens with two attached hydrogens (primary N) is 2. The van der Waals surface area contributed by atoms with Crippen LogP contribution in [-0.4, -0.2) is 34.0 Å². The number of hydrazone groups is 1. The van der Waals surface area contributed by atoms with E-state index in [9.17, 15) is 4.39 Å². The van der Waals surface area contributed by atoms with Crippen molar-refractivity contribution in [3.8, 4) is 11.3 Å². The lowest BCUT2D eigenvalue weighted by Gasteiger charge is -2.06. The van der Waals surface area contributed by atoms with Crippen LogP contribution < -0.4 is 11.6 Å². The highest BCUT2D eigenvalue weighted by Gasteiger charge is 2.12. The molecule has 0 spiro atoms. The first-order chi connectivity index (χ1) is 14.1. The number of anilines is 1. The lowest BCUT2D eigenvalue weighted by atomic mass is 10.1. The third-order valence-electron chi connectivity index (χ3n) is 3.92. The molecule has 0 atom stereocenters. The van der Waals surface area contributed by atoms with Gasteiger partial charge in [-0.15, -0.1) is 0 Å². The summed E-state index contributed by atoms with van der Waals surface area (Å²) in [5, 5.41) is 3.72. The van der Waals surface area contributed by atoms with Gasteiger partial charge in [0.25, 0.3) is 0 Å². The Bertz CT molecular complexity index is 1050. The Hall–Kier alpha value is -3.72. The molecule has 0 amide bonds. The molecular weight excluding hydrogens is 373 g/mol. The fourth-order valence-corrected chi connectivity index (χ4v) is 2.64. The van der Waals surface area contributed by atoms with Gasteiger partial charge in [0.1, 0.15) is 11.5 Å². The minimum atomic E-state index is -0.418. The van der Waals surface area contributed by atoms with Gasteiger partial charge in [0.05, 0.1) is 42.1 Å². The Kier molecular flexibility index (Phi) is 6.54. The zero-order chi connectivity index (χ0) is 20.6. The number of aromatic nitrogens is 3. The van der Waals surface area contributed by atoms with Crippen molar-refractivity contribution in [3.63, 3.8) is 0 Å². The zero-order valence-corrected chi connectivity index (χ0v) is 15.8. The molecule has 0 radical (unpaired) electrons. The molecule has 0 saturated carbocycles. The number of pyridine rings is 1. The van der Waals surface area contributed by atoms with Gasteiger partial charge >= 0.3 is 0 Å². The van der Waals surface area contributed by atoms with Gasteiger partial charge in [0.2, 0.25) is 5.95 Å². The average molecular weight is 393 g/mol. The van der Waals surface area contributed by atoms with Gasteiger partial charge in [0.15, 0.2) is 0 Å². The minimum absolute atomic E-state index is 0.0239. The highest BCUT2D eigenvalue weighted by atomic mass is 19.1. The van der Waals surface area contributed by atoms with Crippen LogP contribution in [0.3, 0.4) is 0 Å². The zero-order valence-electron chi connectivity index (χ0n) is 15.8. The number of rotatable bonds is 7. The molecule has 0 fully saturated rings. The number of ether oxygens (including phenoxy) is 1. The van der Waals surface area contributed by atoms with E-state index in [1.807, 2.05) is 18.2 Å². The Labute approximate surface area is 167 Å². The van der Waals surface area contributed by atoms with Crippen LogP contribution >= 0.6 is 0 Å². The average Bonchev–Trinajstić information content (AvgIpc) is 2.72. The van der Waals surface area contributed by atoms with Crippen molar-refractivity contribution in [1.29, 1.82) is 0 Å². The Morgan fingerprint density at radius 2 is 1.90 bits per heavy atom. The number of hydrogen-bond donors (Lipinski definition) is 2. The van der Waals surface area contributed by atoms with Crippen molar-refractivity contribution in [2.45, 2.75) is 13.2 Å². The Balaban J connectivity index is 1.82. The second-order valence-electron chi connectivity index (χ2n) is 6.01. The largest absolute Gasteiger partial charge is 0.378 e. The van der Waals surface area contributed by atoms with Gasteiger partial charge in [0, 0.05) is 12.7 Å². The van der Waals surface area contributed by atoms with E-state index in [0.717, 1.165) is 11.4 Å². The summed E-state index contributed by atoms with van der Waals surface area (Å²) in [5.74, 6) is 5.06. The third-order valence-corrected chi connectivity index (χ3v) is 3.92. The predicted octanol–water partition coefficient (Wildman–Crippen LogP) is 2.34. The summed E-state index contributed by atoms with van der Waals surface area (Å²) in [6.07, 6.45) is 1.47. The molecule has 3 aromatic rings. The number of nitrogens with zero attached hydrogens (tertiary/aromatic N) is 5. The molecule has 9 heteroatoms. The number of halogens is 1. The first-order valence-corrected chi connectivity index (χ1v) is 8.72. The van der Waals surface area contributed by atoms with Gasteiger partial charge in [-0.25, -0.2) is 14.4 Å². The van der Waals surface area contributed by atoms with E-state index in [2.05, 4.69) is 25.0 Å². The second-order valence-corrected chi connectivity index (χ2v) is 6.01. The van der Waals surface area contributed by atoms with Crippen LogP contribution in [0.2, 0.25) is 0 Å². The highest BCUT2D eigenvalue weighted by molar-refractivity contribution is 6.37. The Morgan fingerprint density at radius 1 is 1.10 bits per heavy atom. The van der Waals surface area contributed by atoms with E-state index < -0.39 is 5.82 Å². The molecule has 0 aliphatic carbocycles. The molecule has 3 rings (SSSR count). The number of hydrogen-bond acceptors (Lipinski definition) is 8. The van der Waals surface area contributed by atoms with Crippen molar-refractivity contribution < 1.29 is 9.13 Å². The summed E-state index contributed by atoms with van der Waals surface area (Å²) >= 11 is 0. The third kappa shape index (κ3) is 5.17. The molecule has 29 heavy (non-hydrogen) atoms. The minimum Gasteiger partial charge on any atom is -0.378 e. The van der Waals surface area contributed by atoms with Crippen LogP contribution in [-0.2, 0) is 17.9 Å². The van der Waals surface area contributed by atoms with Gasteiger partial charge in [-0.3, -0.25) is 9.98 Å². The normalized spacial score (nSPS) is 11.9.